The van der Waals surface area contributed by atoms with Gasteiger partial charge in [-0.25, -0.2) is 19.3 Å². The van der Waals surface area contributed by atoms with Crippen molar-refractivity contribution in [3.05, 3.63) is 17.6 Å². The Balaban J connectivity index is 1.87. The van der Waals surface area contributed by atoms with E-state index in [4.69, 9.17) is 0 Å². The Bertz CT molecular complexity index is 461. The molecule has 0 aliphatic carbocycles. The first-order valence-electron chi connectivity index (χ1n) is 5.79. The quantitative estimate of drug-likeness (QED) is 0.643. The summed E-state index contributed by atoms with van der Waals surface area (Å²) in [5.74, 6) is 1.37. The van der Waals surface area contributed by atoms with Gasteiger partial charge in [-0.15, -0.1) is 0 Å². The summed E-state index contributed by atoms with van der Waals surface area (Å²) >= 11 is 0. The Morgan fingerprint density at radius 1 is 1.18 bits per heavy atom. The molecule has 2 saturated heterocycles. The molecular weight excluding hydrogens is 237 g/mol. The molecule has 17 heavy (non-hydrogen) atoms. The highest BCUT2D eigenvalue weighted by molar-refractivity contribution is 7.61. The van der Waals surface area contributed by atoms with Crippen LogP contribution in [0.15, 0.2) is 6.07 Å². The molecular formula is C10H16N5OP. The third-order valence-corrected chi connectivity index (χ3v) is 5.69. The fourth-order valence-corrected chi connectivity index (χ4v) is 4.19. The van der Waals surface area contributed by atoms with Crippen LogP contribution in [0.2, 0.25) is 0 Å². The van der Waals surface area contributed by atoms with Gasteiger partial charge in [0.15, 0.2) is 0 Å². The topological polar surface area (TPSA) is 60.9 Å². The minimum atomic E-state index is -2.58. The second-order valence-electron chi connectivity index (χ2n) is 4.50. The second-order valence-corrected chi connectivity index (χ2v) is 6.95. The molecule has 2 aliphatic rings. The van der Waals surface area contributed by atoms with Crippen molar-refractivity contribution in [3.63, 3.8) is 0 Å². The average molecular weight is 253 g/mol. The number of aryl methyl sites for hydroxylation is 2. The number of hydrogen-bond acceptors (Lipinski definition) is 3. The van der Waals surface area contributed by atoms with E-state index in [0.29, 0.717) is 11.6 Å². The first-order valence-corrected chi connectivity index (χ1v) is 7.41. The van der Waals surface area contributed by atoms with Gasteiger partial charge in [0, 0.05) is 37.9 Å². The highest BCUT2D eigenvalue weighted by atomic mass is 31.2. The summed E-state index contributed by atoms with van der Waals surface area (Å²) in [6, 6.07) is 1.84. The molecule has 7 heteroatoms. The summed E-state index contributed by atoms with van der Waals surface area (Å²) < 4.78 is 16.8. The number of nitrogens with zero attached hydrogens (tertiary/aromatic N) is 4. The van der Waals surface area contributed by atoms with Crippen LogP contribution >= 0.6 is 7.59 Å². The molecule has 0 atom stereocenters. The maximum atomic E-state index is 12.8. The Labute approximate surface area is 101 Å². The van der Waals surface area contributed by atoms with Crippen LogP contribution in [0.1, 0.15) is 11.5 Å². The van der Waals surface area contributed by atoms with Gasteiger partial charge >= 0.3 is 7.59 Å². The summed E-state index contributed by atoms with van der Waals surface area (Å²) in [6.45, 7) is 7.39. The van der Waals surface area contributed by atoms with Crippen molar-refractivity contribution < 1.29 is 4.57 Å². The Morgan fingerprint density at radius 2 is 1.76 bits per heavy atom. The summed E-state index contributed by atoms with van der Waals surface area (Å²) in [5.41, 5.74) is 0.892. The number of nitrogens with one attached hydrogen (secondary N) is 1. The van der Waals surface area contributed by atoms with Gasteiger partial charge < -0.3 is 0 Å². The maximum absolute atomic E-state index is 12.8. The Hall–Kier alpha value is -0.970. The highest BCUT2D eigenvalue weighted by Crippen LogP contribution is 2.59. The zero-order valence-electron chi connectivity index (χ0n) is 10.1. The lowest BCUT2D eigenvalue weighted by Crippen LogP contribution is -2.13. The van der Waals surface area contributed by atoms with Crippen molar-refractivity contribution >= 4 is 13.4 Å². The van der Waals surface area contributed by atoms with Crippen LogP contribution in [0, 0.1) is 13.8 Å². The molecule has 0 bridgehead atoms. The standard InChI is InChI=1S/C10H16N5OP/c1-8-7-10(12-9(2)11-8)13-17(16,14-3-4-14)15-5-6-15/h7H,3-6H2,1-2H3,(H,11,12,13,16). The van der Waals surface area contributed by atoms with Crippen molar-refractivity contribution in [3.8, 4) is 0 Å². The molecule has 0 aromatic carbocycles. The smallest absolute Gasteiger partial charge is 0.297 e. The van der Waals surface area contributed by atoms with Crippen LogP contribution in [0.5, 0.6) is 0 Å². The van der Waals surface area contributed by atoms with E-state index >= 15 is 0 Å². The van der Waals surface area contributed by atoms with Gasteiger partial charge in [0.25, 0.3) is 0 Å². The molecule has 0 amide bonds. The summed E-state index contributed by atoms with van der Waals surface area (Å²) in [5, 5.41) is 3.12. The predicted octanol–water partition coefficient (Wildman–Crippen LogP) is 1.24. The van der Waals surface area contributed by atoms with Gasteiger partial charge in [-0.05, 0) is 13.8 Å². The molecule has 0 spiro atoms. The number of rotatable bonds is 4. The fraction of sp³-hybridized carbons (Fsp3) is 0.600. The van der Waals surface area contributed by atoms with Crippen molar-refractivity contribution in [1.29, 1.82) is 0 Å². The molecule has 92 valence electrons. The van der Waals surface area contributed by atoms with Crippen molar-refractivity contribution in [1.82, 2.24) is 19.3 Å². The molecule has 3 heterocycles. The van der Waals surface area contributed by atoms with E-state index in [1.807, 2.05) is 29.3 Å². The SMILES string of the molecule is Cc1cc(NP(=O)(N2CC2)N2CC2)nc(C)n1. The van der Waals surface area contributed by atoms with Gasteiger partial charge in [0.1, 0.15) is 11.6 Å². The van der Waals surface area contributed by atoms with Crippen LogP contribution < -0.4 is 5.09 Å². The molecule has 1 N–H and O–H groups in total. The lowest BCUT2D eigenvalue weighted by Gasteiger charge is -2.21. The van der Waals surface area contributed by atoms with Crippen LogP contribution in [0.3, 0.4) is 0 Å². The normalized spacial score (nSPS) is 20.4. The van der Waals surface area contributed by atoms with Gasteiger partial charge in [0.2, 0.25) is 0 Å². The van der Waals surface area contributed by atoms with E-state index in [1.165, 1.54) is 0 Å². The lowest BCUT2D eigenvalue weighted by atomic mass is 10.4. The van der Waals surface area contributed by atoms with Crippen molar-refractivity contribution in [2.24, 2.45) is 0 Å². The predicted molar refractivity (Wildman–Crippen MR) is 65.9 cm³/mol. The molecule has 3 rings (SSSR count). The van der Waals surface area contributed by atoms with Crippen molar-refractivity contribution in [2.75, 3.05) is 31.3 Å². The first kappa shape index (κ1) is 11.1. The Kier molecular flexibility index (Phi) is 2.47. The van der Waals surface area contributed by atoms with Gasteiger partial charge in [-0.1, -0.05) is 0 Å². The summed E-state index contributed by atoms with van der Waals surface area (Å²) in [7, 11) is -2.58. The zero-order chi connectivity index (χ0) is 12.0. The van der Waals surface area contributed by atoms with Gasteiger partial charge in [-0.2, -0.15) is 0 Å². The van der Waals surface area contributed by atoms with Gasteiger partial charge in [0.05, 0.1) is 0 Å². The number of anilines is 1. The van der Waals surface area contributed by atoms with E-state index < -0.39 is 7.59 Å². The number of hydrogen-bond donors (Lipinski definition) is 1. The molecule has 6 nitrogen and oxygen atoms in total. The molecule has 0 radical (unpaired) electrons. The second kappa shape index (κ2) is 3.77. The molecule has 2 aliphatic heterocycles. The van der Waals surface area contributed by atoms with Crippen LogP contribution in [0.25, 0.3) is 0 Å². The molecule has 0 unspecified atom stereocenters. The largest absolute Gasteiger partial charge is 0.309 e. The molecule has 2 fully saturated rings. The third kappa shape index (κ3) is 2.20. The number of aromatic nitrogens is 2. The van der Waals surface area contributed by atoms with Crippen LogP contribution in [-0.4, -0.2) is 45.5 Å². The van der Waals surface area contributed by atoms with E-state index in [-0.39, 0.29) is 0 Å². The van der Waals surface area contributed by atoms with Crippen molar-refractivity contribution in [2.45, 2.75) is 13.8 Å². The molecule has 0 saturated carbocycles. The Morgan fingerprint density at radius 3 is 2.24 bits per heavy atom. The third-order valence-electron chi connectivity index (χ3n) is 2.84. The van der Waals surface area contributed by atoms with Crippen LogP contribution in [-0.2, 0) is 4.57 Å². The monoisotopic (exact) mass is 253 g/mol. The zero-order valence-corrected chi connectivity index (χ0v) is 10.9. The van der Waals surface area contributed by atoms with E-state index in [2.05, 4.69) is 15.1 Å². The summed E-state index contributed by atoms with van der Waals surface area (Å²) in [4.78, 5) is 8.51. The average Bonchev–Trinajstić information content (AvgIpc) is 3.09. The van der Waals surface area contributed by atoms with E-state index in [1.54, 1.807) is 0 Å². The molecule has 1 aromatic rings. The van der Waals surface area contributed by atoms with E-state index in [0.717, 1.165) is 31.9 Å². The fourth-order valence-electron chi connectivity index (χ4n) is 1.88. The minimum Gasteiger partial charge on any atom is -0.297 e. The first-order chi connectivity index (χ1) is 8.08. The van der Waals surface area contributed by atoms with E-state index in [9.17, 15) is 4.57 Å². The highest BCUT2D eigenvalue weighted by Gasteiger charge is 2.48. The molecule has 1 aromatic heterocycles. The minimum absolute atomic E-state index is 0.664. The van der Waals surface area contributed by atoms with Gasteiger partial charge in [-0.3, -0.25) is 9.65 Å². The van der Waals surface area contributed by atoms with Crippen LogP contribution in [0.4, 0.5) is 5.82 Å². The summed E-state index contributed by atoms with van der Waals surface area (Å²) in [6.07, 6.45) is 0. The lowest BCUT2D eigenvalue weighted by molar-refractivity contribution is 0.524. The maximum Gasteiger partial charge on any atom is 0.309 e.